The first kappa shape index (κ1) is 15.8. The second-order valence-corrected chi connectivity index (χ2v) is 6.78. The van der Waals surface area contributed by atoms with Crippen LogP contribution < -0.4 is 10.1 Å². The average Bonchev–Trinajstić information content (AvgIpc) is 2.78. The summed E-state index contributed by atoms with van der Waals surface area (Å²) in [5, 5.41) is 3.58. The molecule has 0 saturated carbocycles. The van der Waals surface area contributed by atoms with Gasteiger partial charge in [-0.25, -0.2) is 0 Å². The number of benzene rings is 1. The van der Waals surface area contributed by atoms with E-state index in [2.05, 4.69) is 59.2 Å². The van der Waals surface area contributed by atoms with E-state index in [-0.39, 0.29) is 0 Å². The summed E-state index contributed by atoms with van der Waals surface area (Å²) in [5.74, 6) is 1.57. The SMILES string of the molecule is COc1ccc(Br)c(C2C(CNC(C)C)CCN2C)c1. The highest BCUT2D eigenvalue weighted by Gasteiger charge is 2.34. The highest BCUT2D eigenvalue weighted by atomic mass is 79.9. The lowest BCUT2D eigenvalue weighted by Gasteiger charge is -2.27. The van der Waals surface area contributed by atoms with Crippen molar-refractivity contribution in [2.45, 2.75) is 32.4 Å². The minimum Gasteiger partial charge on any atom is -0.497 e. The molecule has 0 spiro atoms. The van der Waals surface area contributed by atoms with Crippen molar-refractivity contribution in [2.75, 3.05) is 27.2 Å². The van der Waals surface area contributed by atoms with Gasteiger partial charge in [0, 0.05) is 23.1 Å². The van der Waals surface area contributed by atoms with Gasteiger partial charge in [0.05, 0.1) is 7.11 Å². The molecule has 1 fully saturated rings. The fourth-order valence-electron chi connectivity index (χ4n) is 2.99. The molecule has 0 aliphatic carbocycles. The van der Waals surface area contributed by atoms with Crippen LogP contribution in [0.4, 0.5) is 0 Å². The third-order valence-electron chi connectivity index (χ3n) is 4.08. The van der Waals surface area contributed by atoms with Gasteiger partial charge in [-0.2, -0.15) is 0 Å². The quantitative estimate of drug-likeness (QED) is 0.888. The zero-order chi connectivity index (χ0) is 14.7. The predicted octanol–water partition coefficient (Wildman–Crippen LogP) is 3.45. The molecule has 0 radical (unpaired) electrons. The van der Waals surface area contributed by atoms with Crippen molar-refractivity contribution in [3.05, 3.63) is 28.2 Å². The number of methoxy groups -OCH3 is 1. The lowest BCUT2D eigenvalue weighted by molar-refractivity contribution is 0.268. The van der Waals surface area contributed by atoms with Crippen molar-refractivity contribution in [3.63, 3.8) is 0 Å². The molecule has 0 amide bonds. The van der Waals surface area contributed by atoms with Crippen LogP contribution in [0.2, 0.25) is 0 Å². The number of nitrogens with one attached hydrogen (secondary N) is 1. The summed E-state index contributed by atoms with van der Waals surface area (Å²) < 4.78 is 6.56. The Bertz CT molecular complexity index is 450. The second-order valence-electron chi connectivity index (χ2n) is 5.92. The molecule has 2 atom stereocenters. The summed E-state index contributed by atoms with van der Waals surface area (Å²) in [7, 11) is 3.94. The van der Waals surface area contributed by atoms with Gasteiger partial charge in [-0.05, 0) is 49.7 Å². The topological polar surface area (TPSA) is 24.5 Å². The number of rotatable bonds is 5. The third-order valence-corrected chi connectivity index (χ3v) is 4.81. The number of nitrogens with zero attached hydrogens (tertiary/aromatic N) is 1. The molecule has 4 heteroatoms. The molecule has 0 bridgehead atoms. The zero-order valence-corrected chi connectivity index (χ0v) is 14.4. The molecule has 1 aromatic rings. The molecule has 3 nitrogen and oxygen atoms in total. The molecule has 1 aliphatic heterocycles. The van der Waals surface area contributed by atoms with Gasteiger partial charge in [0.15, 0.2) is 0 Å². The Morgan fingerprint density at radius 2 is 2.20 bits per heavy atom. The van der Waals surface area contributed by atoms with Gasteiger partial charge in [-0.15, -0.1) is 0 Å². The van der Waals surface area contributed by atoms with Gasteiger partial charge in [0.25, 0.3) is 0 Å². The fraction of sp³-hybridized carbons (Fsp3) is 0.625. The standard InChI is InChI=1S/C16H25BrN2O/c1-11(2)18-10-12-7-8-19(3)16(12)14-9-13(20-4)5-6-15(14)17/h5-6,9,11-12,16,18H,7-8,10H2,1-4H3. The first-order valence-corrected chi connectivity index (χ1v) is 8.09. The van der Waals surface area contributed by atoms with E-state index in [1.807, 2.05) is 6.07 Å². The number of likely N-dealkylation sites (tertiary alicyclic amines) is 1. The number of ether oxygens (including phenoxy) is 1. The van der Waals surface area contributed by atoms with Gasteiger partial charge in [0.1, 0.15) is 5.75 Å². The highest BCUT2D eigenvalue weighted by Crippen LogP contribution is 2.40. The van der Waals surface area contributed by atoms with Gasteiger partial charge in [-0.3, -0.25) is 4.90 Å². The van der Waals surface area contributed by atoms with Crippen LogP contribution in [-0.2, 0) is 0 Å². The van der Waals surface area contributed by atoms with E-state index in [0.29, 0.717) is 18.0 Å². The predicted molar refractivity (Wildman–Crippen MR) is 87.3 cm³/mol. The van der Waals surface area contributed by atoms with Crippen molar-refractivity contribution in [1.82, 2.24) is 10.2 Å². The molecular formula is C16H25BrN2O. The van der Waals surface area contributed by atoms with Gasteiger partial charge in [-0.1, -0.05) is 29.8 Å². The third kappa shape index (κ3) is 3.54. The molecule has 2 unspecified atom stereocenters. The summed E-state index contributed by atoms with van der Waals surface area (Å²) in [6.45, 7) is 6.62. The number of halogens is 1. The lowest BCUT2D eigenvalue weighted by atomic mass is 9.93. The minimum atomic E-state index is 0.450. The molecule has 0 aromatic heterocycles. The summed E-state index contributed by atoms with van der Waals surface area (Å²) >= 11 is 3.70. The molecule has 1 heterocycles. The smallest absolute Gasteiger partial charge is 0.119 e. The Morgan fingerprint density at radius 1 is 1.45 bits per heavy atom. The van der Waals surface area contributed by atoms with E-state index < -0.39 is 0 Å². The van der Waals surface area contributed by atoms with Crippen LogP contribution >= 0.6 is 15.9 Å². The summed E-state index contributed by atoms with van der Waals surface area (Å²) in [6, 6.07) is 7.25. The summed E-state index contributed by atoms with van der Waals surface area (Å²) in [5.41, 5.74) is 1.33. The molecule has 20 heavy (non-hydrogen) atoms. The second kappa shape index (κ2) is 6.92. The van der Waals surface area contributed by atoms with Crippen LogP contribution in [0.25, 0.3) is 0 Å². The zero-order valence-electron chi connectivity index (χ0n) is 12.8. The maximum Gasteiger partial charge on any atom is 0.119 e. The van der Waals surface area contributed by atoms with Crippen LogP contribution in [-0.4, -0.2) is 38.2 Å². The van der Waals surface area contributed by atoms with Crippen molar-refractivity contribution in [2.24, 2.45) is 5.92 Å². The molecule has 1 N–H and O–H groups in total. The Morgan fingerprint density at radius 3 is 2.85 bits per heavy atom. The molecule has 1 aromatic carbocycles. The molecule has 112 valence electrons. The lowest BCUT2D eigenvalue weighted by Crippen LogP contribution is -2.32. The first-order valence-electron chi connectivity index (χ1n) is 7.30. The highest BCUT2D eigenvalue weighted by molar-refractivity contribution is 9.10. The van der Waals surface area contributed by atoms with Crippen LogP contribution in [0.1, 0.15) is 31.9 Å². The van der Waals surface area contributed by atoms with Crippen LogP contribution in [0.3, 0.4) is 0 Å². The van der Waals surface area contributed by atoms with Gasteiger partial charge >= 0.3 is 0 Å². The Kier molecular flexibility index (Phi) is 5.47. The van der Waals surface area contributed by atoms with E-state index in [4.69, 9.17) is 4.74 Å². The van der Waals surface area contributed by atoms with E-state index >= 15 is 0 Å². The molecule has 2 rings (SSSR count). The van der Waals surface area contributed by atoms with E-state index in [1.165, 1.54) is 16.5 Å². The largest absolute Gasteiger partial charge is 0.497 e. The van der Waals surface area contributed by atoms with E-state index in [0.717, 1.165) is 18.8 Å². The molecule has 1 saturated heterocycles. The minimum absolute atomic E-state index is 0.450. The Hall–Kier alpha value is -0.580. The maximum atomic E-state index is 5.38. The monoisotopic (exact) mass is 340 g/mol. The molecule has 1 aliphatic rings. The normalized spacial score (nSPS) is 23.5. The Labute approximate surface area is 130 Å². The van der Waals surface area contributed by atoms with Crippen molar-refractivity contribution in [1.29, 1.82) is 0 Å². The van der Waals surface area contributed by atoms with Gasteiger partial charge in [0.2, 0.25) is 0 Å². The molecular weight excluding hydrogens is 316 g/mol. The summed E-state index contributed by atoms with van der Waals surface area (Å²) in [6.07, 6.45) is 1.24. The maximum absolute atomic E-state index is 5.38. The van der Waals surface area contributed by atoms with Gasteiger partial charge < -0.3 is 10.1 Å². The van der Waals surface area contributed by atoms with Crippen LogP contribution in [0, 0.1) is 5.92 Å². The Balaban J connectivity index is 2.23. The van der Waals surface area contributed by atoms with Crippen molar-refractivity contribution in [3.8, 4) is 5.75 Å². The fourth-order valence-corrected chi connectivity index (χ4v) is 3.48. The van der Waals surface area contributed by atoms with Crippen LogP contribution in [0.5, 0.6) is 5.75 Å². The number of hydrogen-bond donors (Lipinski definition) is 1. The van der Waals surface area contributed by atoms with Crippen LogP contribution in [0.15, 0.2) is 22.7 Å². The number of hydrogen-bond acceptors (Lipinski definition) is 3. The van der Waals surface area contributed by atoms with Crippen molar-refractivity contribution < 1.29 is 4.74 Å². The van der Waals surface area contributed by atoms with E-state index in [9.17, 15) is 0 Å². The van der Waals surface area contributed by atoms with Crippen molar-refractivity contribution >= 4 is 15.9 Å². The summed E-state index contributed by atoms with van der Waals surface area (Å²) in [4.78, 5) is 2.45. The first-order chi connectivity index (χ1) is 9.52. The average molecular weight is 341 g/mol. The van der Waals surface area contributed by atoms with E-state index in [1.54, 1.807) is 7.11 Å².